The van der Waals surface area contributed by atoms with Crippen LogP contribution in [0.1, 0.15) is 24.1 Å². The summed E-state index contributed by atoms with van der Waals surface area (Å²) >= 11 is 0. The quantitative estimate of drug-likeness (QED) is 0.886. The molecule has 0 spiro atoms. The molecule has 1 N–H and O–H groups in total. The van der Waals surface area contributed by atoms with Gasteiger partial charge in [0, 0.05) is 61.9 Å². The van der Waals surface area contributed by atoms with Crippen LogP contribution in [0.15, 0.2) is 12.3 Å². The summed E-state index contributed by atoms with van der Waals surface area (Å²) in [5.74, 6) is 0. The Balaban J connectivity index is 1.72. The van der Waals surface area contributed by atoms with E-state index in [9.17, 15) is 0 Å². The third kappa shape index (κ3) is 2.90. The third-order valence-electron chi connectivity index (χ3n) is 4.18. The fourth-order valence-electron chi connectivity index (χ4n) is 2.96. The lowest BCUT2D eigenvalue weighted by molar-refractivity contribution is 0.248. The van der Waals surface area contributed by atoms with Gasteiger partial charge in [-0.3, -0.25) is 9.88 Å². The number of hydrogen-bond acceptors (Lipinski definition) is 4. The van der Waals surface area contributed by atoms with Crippen LogP contribution in [0.4, 0.5) is 5.69 Å². The van der Waals surface area contributed by atoms with Gasteiger partial charge in [0.1, 0.15) is 0 Å². The highest BCUT2D eigenvalue weighted by atomic mass is 15.3. The van der Waals surface area contributed by atoms with Crippen molar-refractivity contribution in [3.63, 3.8) is 0 Å². The summed E-state index contributed by atoms with van der Waals surface area (Å²) in [6.45, 7) is 7.70. The minimum Gasteiger partial charge on any atom is -0.369 e. The van der Waals surface area contributed by atoms with Crippen molar-refractivity contribution in [1.82, 2.24) is 15.2 Å². The summed E-state index contributed by atoms with van der Waals surface area (Å²) in [5.41, 5.74) is 3.80. The number of nitrogens with zero attached hydrogens (tertiary/aromatic N) is 3. The highest BCUT2D eigenvalue weighted by Gasteiger charge is 2.31. The van der Waals surface area contributed by atoms with Crippen LogP contribution in [-0.4, -0.2) is 49.2 Å². The number of anilines is 1. The highest BCUT2D eigenvalue weighted by molar-refractivity contribution is 5.54. The molecule has 0 amide bonds. The zero-order chi connectivity index (χ0) is 13.2. The maximum absolute atomic E-state index is 4.43. The molecule has 1 aliphatic carbocycles. The van der Waals surface area contributed by atoms with E-state index in [0.29, 0.717) is 0 Å². The Kier molecular flexibility index (Phi) is 3.71. The Morgan fingerprint density at radius 2 is 2.00 bits per heavy atom. The third-order valence-corrected chi connectivity index (χ3v) is 4.18. The van der Waals surface area contributed by atoms with E-state index in [1.54, 1.807) is 0 Å². The largest absolute Gasteiger partial charge is 0.369 e. The van der Waals surface area contributed by atoms with Crippen LogP contribution < -0.4 is 10.2 Å². The van der Waals surface area contributed by atoms with E-state index in [0.717, 1.165) is 31.4 Å². The second kappa shape index (κ2) is 5.47. The molecule has 1 saturated carbocycles. The number of piperazine rings is 1. The van der Waals surface area contributed by atoms with Crippen LogP contribution in [0.2, 0.25) is 0 Å². The Labute approximate surface area is 115 Å². The Morgan fingerprint density at radius 1 is 1.26 bits per heavy atom. The molecule has 4 nitrogen and oxygen atoms in total. The number of rotatable bonds is 4. The van der Waals surface area contributed by atoms with Gasteiger partial charge in [0.25, 0.3) is 0 Å². The average molecular weight is 260 g/mol. The molecule has 0 radical (unpaired) electrons. The van der Waals surface area contributed by atoms with Crippen molar-refractivity contribution in [2.45, 2.75) is 32.4 Å². The lowest BCUT2D eigenvalue weighted by Crippen LogP contribution is -2.47. The summed E-state index contributed by atoms with van der Waals surface area (Å²) in [6, 6.07) is 3.14. The number of nitrogens with one attached hydrogen (secondary N) is 1. The second-order valence-electron chi connectivity index (χ2n) is 5.74. The summed E-state index contributed by atoms with van der Waals surface area (Å²) in [6.07, 6.45) is 4.85. The van der Waals surface area contributed by atoms with Crippen molar-refractivity contribution < 1.29 is 0 Å². The smallest absolute Gasteiger partial charge is 0.0446 e. The molecule has 104 valence electrons. The standard InChI is InChI=1S/C15H24N4/c1-12-9-15(13(10-16-2)11-17-12)19-7-5-18(6-8-19)14-3-4-14/h9,11,14,16H,3-8,10H2,1-2H3. The maximum atomic E-state index is 4.43. The zero-order valence-corrected chi connectivity index (χ0v) is 12.0. The lowest BCUT2D eigenvalue weighted by atomic mass is 10.1. The molecular weight excluding hydrogens is 236 g/mol. The van der Waals surface area contributed by atoms with Gasteiger partial charge < -0.3 is 10.2 Å². The van der Waals surface area contributed by atoms with Crippen LogP contribution in [0.25, 0.3) is 0 Å². The number of hydrogen-bond donors (Lipinski definition) is 1. The fourth-order valence-corrected chi connectivity index (χ4v) is 2.96. The van der Waals surface area contributed by atoms with Crippen molar-refractivity contribution in [3.8, 4) is 0 Å². The van der Waals surface area contributed by atoms with E-state index in [-0.39, 0.29) is 0 Å². The second-order valence-corrected chi connectivity index (χ2v) is 5.74. The van der Waals surface area contributed by atoms with Gasteiger partial charge in [-0.25, -0.2) is 0 Å². The molecule has 0 bridgehead atoms. The molecular formula is C15H24N4. The summed E-state index contributed by atoms with van der Waals surface area (Å²) in [5, 5.41) is 3.24. The lowest BCUT2D eigenvalue weighted by Gasteiger charge is -2.37. The molecule has 2 aliphatic rings. The highest BCUT2D eigenvalue weighted by Crippen LogP contribution is 2.29. The minimum absolute atomic E-state index is 0.894. The van der Waals surface area contributed by atoms with Gasteiger partial charge in [-0.15, -0.1) is 0 Å². The topological polar surface area (TPSA) is 31.4 Å². The Bertz CT molecular complexity index is 434. The molecule has 1 aromatic rings. The predicted octanol–water partition coefficient (Wildman–Crippen LogP) is 1.39. The molecule has 4 heteroatoms. The molecule has 1 saturated heterocycles. The first-order chi connectivity index (χ1) is 9.28. The van der Waals surface area contributed by atoms with E-state index in [2.05, 4.69) is 33.1 Å². The molecule has 1 aromatic heterocycles. The van der Waals surface area contributed by atoms with Gasteiger partial charge in [-0.1, -0.05) is 0 Å². The number of aryl methyl sites for hydroxylation is 1. The van der Waals surface area contributed by atoms with Crippen LogP contribution in [0.5, 0.6) is 0 Å². The molecule has 0 aromatic carbocycles. The summed E-state index contributed by atoms with van der Waals surface area (Å²) in [4.78, 5) is 9.61. The van der Waals surface area contributed by atoms with Crippen LogP contribution in [0.3, 0.4) is 0 Å². The van der Waals surface area contributed by atoms with E-state index in [1.165, 1.54) is 37.2 Å². The maximum Gasteiger partial charge on any atom is 0.0446 e. The van der Waals surface area contributed by atoms with Gasteiger partial charge in [-0.05, 0) is 32.9 Å². The SMILES string of the molecule is CNCc1cnc(C)cc1N1CCN(C2CC2)CC1. The molecule has 19 heavy (non-hydrogen) atoms. The molecule has 1 aliphatic heterocycles. The molecule has 0 unspecified atom stereocenters. The van der Waals surface area contributed by atoms with Gasteiger partial charge in [0.05, 0.1) is 0 Å². The van der Waals surface area contributed by atoms with Gasteiger partial charge in [0.2, 0.25) is 0 Å². The van der Waals surface area contributed by atoms with Crippen molar-refractivity contribution in [2.75, 3.05) is 38.1 Å². The average Bonchev–Trinajstić information content (AvgIpc) is 3.26. The van der Waals surface area contributed by atoms with E-state index >= 15 is 0 Å². The first-order valence-corrected chi connectivity index (χ1v) is 7.37. The van der Waals surface area contributed by atoms with E-state index < -0.39 is 0 Å². The van der Waals surface area contributed by atoms with Crippen molar-refractivity contribution in [3.05, 3.63) is 23.5 Å². The summed E-state index contributed by atoms with van der Waals surface area (Å²) < 4.78 is 0. The van der Waals surface area contributed by atoms with E-state index in [4.69, 9.17) is 0 Å². The van der Waals surface area contributed by atoms with Gasteiger partial charge in [0.15, 0.2) is 0 Å². The zero-order valence-electron chi connectivity index (χ0n) is 12.0. The van der Waals surface area contributed by atoms with Crippen LogP contribution >= 0.6 is 0 Å². The van der Waals surface area contributed by atoms with Crippen molar-refractivity contribution in [2.24, 2.45) is 0 Å². The first-order valence-electron chi connectivity index (χ1n) is 7.37. The van der Waals surface area contributed by atoms with E-state index in [1.807, 2.05) is 13.2 Å². The Morgan fingerprint density at radius 3 is 2.63 bits per heavy atom. The van der Waals surface area contributed by atoms with Gasteiger partial charge >= 0.3 is 0 Å². The Hall–Kier alpha value is -1.13. The molecule has 0 atom stereocenters. The minimum atomic E-state index is 0.894. The number of pyridine rings is 1. The fraction of sp³-hybridized carbons (Fsp3) is 0.667. The summed E-state index contributed by atoms with van der Waals surface area (Å²) in [7, 11) is 1.99. The molecule has 2 heterocycles. The first kappa shape index (κ1) is 12.9. The van der Waals surface area contributed by atoms with Crippen molar-refractivity contribution in [1.29, 1.82) is 0 Å². The predicted molar refractivity (Wildman–Crippen MR) is 78.5 cm³/mol. The van der Waals surface area contributed by atoms with Gasteiger partial charge in [-0.2, -0.15) is 0 Å². The van der Waals surface area contributed by atoms with Crippen molar-refractivity contribution >= 4 is 5.69 Å². The number of aromatic nitrogens is 1. The van der Waals surface area contributed by atoms with Crippen LogP contribution in [-0.2, 0) is 6.54 Å². The van der Waals surface area contributed by atoms with Crippen LogP contribution in [0, 0.1) is 6.92 Å². The normalized spacial score (nSPS) is 20.8. The molecule has 3 rings (SSSR count). The monoisotopic (exact) mass is 260 g/mol. The molecule has 2 fully saturated rings.